The van der Waals surface area contributed by atoms with Gasteiger partial charge in [-0.1, -0.05) is 13.8 Å². The number of nitrogens with two attached hydrogens (primary N) is 1. The van der Waals surface area contributed by atoms with Crippen molar-refractivity contribution in [2.75, 3.05) is 5.32 Å². The molecular weight excluding hydrogens is 282 g/mol. The SMILES string of the molecule is Cc1nc(NC(=O)[C@H](N)CC(C)C)ccc1Br. The van der Waals surface area contributed by atoms with E-state index in [1.54, 1.807) is 6.07 Å². The molecule has 0 saturated heterocycles. The van der Waals surface area contributed by atoms with Crippen LogP contribution < -0.4 is 11.1 Å². The molecule has 1 amide bonds. The molecule has 17 heavy (non-hydrogen) atoms. The van der Waals surface area contributed by atoms with Gasteiger partial charge in [0.1, 0.15) is 5.82 Å². The summed E-state index contributed by atoms with van der Waals surface area (Å²) in [6, 6.07) is 3.11. The molecule has 0 aromatic carbocycles. The Morgan fingerprint density at radius 2 is 2.18 bits per heavy atom. The van der Waals surface area contributed by atoms with Crippen LogP contribution in [-0.2, 0) is 4.79 Å². The lowest BCUT2D eigenvalue weighted by atomic mass is 10.0. The van der Waals surface area contributed by atoms with Crippen LogP contribution in [0.1, 0.15) is 26.0 Å². The highest BCUT2D eigenvalue weighted by Crippen LogP contribution is 2.16. The van der Waals surface area contributed by atoms with Crippen molar-refractivity contribution in [1.29, 1.82) is 0 Å². The zero-order chi connectivity index (χ0) is 13.0. The zero-order valence-corrected chi connectivity index (χ0v) is 11.9. The molecule has 1 aromatic heterocycles. The molecule has 0 unspecified atom stereocenters. The van der Waals surface area contributed by atoms with E-state index in [0.717, 1.165) is 10.2 Å². The molecule has 0 bridgehead atoms. The van der Waals surface area contributed by atoms with Crippen molar-refractivity contribution in [1.82, 2.24) is 4.98 Å². The molecule has 94 valence electrons. The summed E-state index contributed by atoms with van der Waals surface area (Å²) in [6.07, 6.45) is 0.668. The largest absolute Gasteiger partial charge is 0.320 e. The first-order chi connectivity index (χ1) is 7.90. The van der Waals surface area contributed by atoms with Gasteiger partial charge in [0.25, 0.3) is 0 Å². The molecule has 0 radical (unpaired) electrons. The number of rotatable bonds is 4. The molecule has 4 nitrogen and oxygen atoms in total. The molecule has 0 aliphatic rings. The minimum absolute atomic E-state index is 0.187. The first-order valence-electron chi connectivity index (χ1n) is 5.59. The Labute approximate surface area is 110 Å². The van der Waals surface area contributed by atoms with Crippen LogP contribution in [0, 0.1) is 12.8 Å². The fourth-order valence-corrected chi connectivity index (χ4v) is 1.67. The predicted molar refractivity (Wildman–Crippen MR) is 72.7 cm³/mol. The second-order valence-corrected chi connectivity index (χ2v) is 5.34. The smallest absolute Gasteiger partial charge is 0.242 e. The van der Waals surface area contributed by atoms with Crippen molar-refractivity contribution < 1.29 is 4.79 Å². The van der Waals surface area contributed by atoms with Crippen molar-refractivity contribution in [3.05, 3.63) is 22.3 Å². The summed E-state index contributed by atoms with van der Waals surface area (Å²) in [6.45, 7) is 5.94. The Morgan fingerprint density at radius 1 is 1.53 bits per heavy atom. The molecule has 0 aliphatic carbocycles. The number of hydrogen-bond acceptors (Lipinski definition) is 3. The Balaban J connectivity index is 2.64. The van der Waals surface area contributed by atoms with Gasteiger partial charge in [-0.25, -0.2) is 4.98 Å². The number of carbonyl (C=O) groups is 1. The highest BCUT2D eigenvalue weighted by molar-refractivity contribution is 9.10. The minimum atomic E-state index is -0.485. The quantitative estimate of drug-likeness (QED) is 0.897. The molecule has 1 atom stereocenters. The van der Waals surface area contributed by atoms with Gasteiger partial charge in [0, 0.05) is 4.47 Å². The maximum atomic E-state index is 11.8. The number of nitrogens with zero attached hydrogens (tertiary/aromatic N) is 1. The Morgan fingerprint density at radius 3 is 2.71 bits per heavy atom. The van der Waals surface area contributed by atoms with E-state index >= 15 is 0 Å². The third kappa shape index (κ3) is 4.44. The number of nitrogens with one attached hydrogen (secondary N) is 1. The van der Waals surface area contributed by atoms with E-state index in [4.69, 9.17) is 5.73 Å². The third-order valence-corrected chi connectivity index (χ3v) is 3.17. The molecule has 0 fully saturated rings. The van der Waals surface area contributed by atoms with Crippen molar-refractivity contribution in [3.63, 3.8) is 0 Å². The van der Waals surface area contributed by atoms with Crippen molar-refractivity contribution >= 4 is 27.7 Å². The average molecular weight is 300 g/mol. The fourth-order valence-electron chi connectivity index (χ4n) is 1.45. The molecule has 1 heterocycles. The van der Waals surface area contributed by atoms with Gasteiger partial charge in [0.2, 0.25) is 5.91 Å². The highest BCUT2D eigenvalue weighted by Gasteiger charge is 2.15. The molecule has 0 saturated carbocycles. The minimum Gasteiger partial charge on any atom is -0.320 e. The van der Waals surface area contributed by atoms with E-state index in [2.05, 4.69) is 26.2 Å². The maximum absolute atomic E-state index is 11.8. The lowest BCUT2D eigenvalue weighted by Crippen LogP contribution is -2.36. The van der Waals surface area contributed by atoms with Gasteiger partial charge in [-0.15, -0.1) is 0 Å². The van der Waals surface area contributed by atoms with E-state index in [0.29, 0.717) is 18.2 Å². The standard InChI is InChI=1S/C12H18BrN3O/c1-7(2)6-10(14)12(17)16-11-5-4-9(13)8(3)15-11/h4-5,7,10H,6,14H2,1-3H3,(H,15,16,17)/t10-/m1/s1. The summed E-state index contributed by atoms with van der Waals surface area (Å²) in [5, 5.41) is 2.72. The fraction of sp³-hybridized carbons (Fsp3) is 0.500. The Hall–Kier alpha value is -0.940. The summed E-state index contributed by atoms with van der Waals surface area (Å²) >= 11 is 3.36. The van der Waals surface area contributed by atoms with Gasteiger partial charge < -0.3 is 11.1 Å². The topological polar surface area (TPSA) is 68.0 Å². The first kappa shape index (κ1) is 14.1. The van der Waals surface area contributed by atoms with E-state index in [9.17, 15) is 4.79 Å². The zero-order valence-electron chi connectivity index (χ0n) is 10.3. The van der Waals surface area contributed by atoms with Gasteiger partial charge in [-0.2, -0.15) is 0 Å². The second-order valence-electron chi connectivity index (χ2n) is 4.49. The Kier molecular flexibility index (Phi) is 5.08. The van der Waals surface area contributed by atoms with Gasteiger partial charge >= 0.3 is 0 Å². The van der Waals surface area contributed by atoms with Crippen LogP contribution in [0.5, 0.6) is 0 Å². The van der Waals surface area contributed by atoms with Crippen LogP contribution in [0.4, 0.5) is 5.82 Å². The van der Waals surface area contributed by atoms with Crippen molar-refractivity contribution in [2.45, 2.75) is 33.2 Å². The lowest BCUT2D eigenvalue weighted by Gasteiger charge is -2.14. The van der Waals surface area contributed by atoms with E-state index in [1.807, 2.05) is 26.8 Å². The summed E-state index contributed by atoms with van der Waals surface area (Å²) < 4.78 is 0.918. The van der Waals surface area contributed by atoms with Gasteiger partial charge in [0.15, 0.2) is 0 Å². The summed E-state index contributed by atoms with van der Waals surface area (Å²) in [5.41, 5.74) is 6.62. The Bertz CT molecular complexity index is 407. The second kappa shape index (κ2) is 6.12. The van der Waals surface area contributed by atoms with Gasteiger partial charge in [-0.3, -0.25) is 4.79 Å². The van der Waals surface area contributed by atoms with Crippen molar-refractivity contribution in [2.24, 2.45) is 11.7 Å². The van der Waals surface area contributed by atoms with Crippen LogP contribution in [0.25, 0.3) is 0 Å². The van der Waals surface area contributed by atoms with Crippen LogP contribution in [0.15, 0.2) is 16.6 Å². The van der Waals surface area contributed by atoms with Gasteiger partial charge in [0.05, 0.1) is 11.7 Å². The maximum Gasteiger partial charge on any atom is 0.242 e. The number of halogens is 1. The number of pyridine rings is 1. The summed E-state index contributed by atoms with van der Waals surface area (Å²) in [5.74, 6) is 0.748. The van der Waals surface area contributed by atoms with Crippen LogP contribution in [0.2, 0.25) is 0 Å². The molecule has 1 rings (SSSR count). The van der Waals surface area contributed by atoms with E-state index < -0.39 is 6.04 Å². The number of anilines is 1. The normalized spacial score (nSPS) is 12.6. The predicted octanol–water partition coefficient (Wildman–Crippen LogP) is 2.46. The number of amides is 1. The van der Waals surface area contributed by atoms with Crippen LogP contribution in [-0.4, -0.2) is 16.9 Å². The molecule has 3 N–H and O–H groups in total. The third-order valence-electron chi connectivity index (χ3n) is 2.33. The molecule has 0 spiro atoms. The number of aryl methyl sites for hydroxylation is 1. The van der Waals surface area contributed by atoms with E-state index in [-0.39, 0.29) is 5.91 Å². The number of aromatic nitrogens is 1. The monoisotopic (exact) mass is 299 g/mol. The van der Waals surface area contributed by atoms with E-state index in [1.165, 1.54) is 0 Å². The first-order valence-corrected chi connectivity index (χ1v) is 6.39. The molecular formula is C12H18BrN3O. The lowest BCUT2D eigenvalue weighted by molar-refractivity contribution is -0.117. The molecule has 0 aliphatic heterocycles. The molecule has 5 heteroatoms. The highest BCUT2D eigenvalue weighted by atomic mass is 79.9. The van der Waals surface area contributed by atoms with Crippen LogP contribution in [0.3, 0.4) is 0 Å². The summed E-state index contributed by atoms with van der Waals surface area (Å²) in [4.78, 5) is 16.0. The molecule has 1 aromatic rings. The van der Waals surface area contributed by atoms with Crippen LogP contribution >= 0.6 is 15.9 Å². The summed E-state index contributed by atoms with van der Waals surface area (Å²) in [7, 11) is 0. The number of carbonyl (C=O) groups excluding carboxylic acids is 1. The van der Waals surface area contributed by atoms with Gasteiger partial charge in [-0.05, 0) is 47.3 Å². The van der Waals surface area contributed by atoms with Crippen molar-refractivity contribution in [3.8, 4) is 0 Å². The average Bonchev–Trinajstić information content (AvgIpc) is 2.22. The number of hydrogen-bond donors (Lipinski definition) is 2.